The molecule has 0 bridgehead atoms. The fraction of sp³-hybridized carbons (Fsp3) is 0.304. The molecule has 1 saturated heterocycles. The molecule has 0 spiro atoms. The number of nitrogens with two attached hydrogens (primary N) is 2. The summed E-state index contributed by atoms with van der Waals surface area (Å²) < 4.78 is 1.29. The van der Waals surface area contributed by atoms with Gasteiger partial charge in [-0.2, -0.15) is 0 Å². The number of carbonyl (C=O) groups is 2. The summed E-state index contributed by atoms with van der Waals surface area (Å²) in [5.41, 5.74) is 8.37. The van der Waals surface area contributed by atoms with E-state index in [0.29, 0.717) is 28.5 Å². The number of imidazole rings is 1. The van der Waals surface area contributed by atoms with Gasteiger partial charge >= 0.3 is 0 Å². The van der Waals surface area contributed by atoms with E-state index >= 15 is 0 Å². The van der Waals surface area contributed by atoms with E-state index in [4.69, 9.17) is 11.6 Å². The molecule has 1 fully saturated rings. The van der Waals surface area contributed by atoms with E-state index in [9.17, 15) is 9.59 Å². The van der Waals surface area contributed by atoms with E-state index in [2.05, 4.69) is 20.6 Å². The number of piperidine rings is 1. The van der Waals surface area contributed by atoms with E-state index in [1.54, 1.807) is 30.5 Å². The van der Waals surface area contributed by atoms with Crippen LogP contribution in [0.5, 0.6) is 0 Å². The standard InChI is InChI=1S/C23H27N7O2/c1-2-14-10-12-27-18(13-14)28-23(32)16-8-6-15(7-9-16)19-20(21(24)31)30(25)22(29-19)17-5-3-4-11-26-17/h6-10,12-13,17,26H,2-5,11,25H2,1H3,(H2,24,31)(H,27,28,32). The zero-order valence-electron chi connectivity index (χ0n) is 18.0. The number of primary amides is 1. The van der Waals surface area contributed by atoms with Crippen LogP contribution in [0, 0.1) is 0 Å². The Kier molecular flexibility index (Phi) is 6.18. The monoisotopic (exact) mass is 433 g/mol. The number of amides is 2. The van der Waals surface area contributed by atoms with Crippen molar-refractivity contribution in [3.05, 3.63) is 65.2 Å². The van der Waals surface area contributed by atoms with E-state index < -0.39 is 5.91 Å². The maximum atomic E-state index is 12.6. The normalized spacial score (nSPS) is 16.0. The SMILES string of the molecule is CCc1ccnc(NC(=O)c2ccc(-c3nc(C4CCCCN4)n(N)c3C(N)=O)cc2)c1. The van der Waals surface area contributed by atoms with E-state index in [-0.39, 0.29) is 17.6 Å². The Labute approximate surface area is 186 Å². The third-order valence-corrected chi connectivity index (χ3v) is 5.69. The third-order valence-electron chi connectivity index (χ3n) is 5.69. The molecular weight excluding hydrogens is 406 g/mol. The molecule has 1 unspecified atom stereocenters. The van der Waals surface area contributed by atoms with Crippen molar-refractivity contribution in [3.8, 4) is 11.3 Å². The summed E-state index contributed by atoms with van der Waals surface area (Å²) in [5, 5.41) is 6.19. The predicted molar refractivity (Wildman–Crippen MR) is 122 cm³/mol. The number of benzene rings is 1. The minimum Gasteiger partial charge on any atom is -0.364 e. The summed E-state index contributed by atoms with van der Waals surface area (Å²) in [6, 6.07) is 10.5. The average molecular weight is 434 g/mol. The number of nitrogen functional groups attached to an aromatic ring is 1. The quantitative estimate of drug-likeness (QED) is 0.440. The molecule has 0 saturated carbocycles. The van der Waals surface area contributed by atoms with Gasteiger partial charge in [-0.15, -0.1) is 0 Å². The van der Waals surface area contributed by atoms with Crippen molar-refractivity contribution in [2.75, 3.05) is 17.7 Å². The van der Waals surface area contributed by atoms with Gasteiger partial charge in [-0.25, -0.2) is 14.6 Å². The first-order valence-corrected chi connectivity index (χ1v) is 10.8. The fourth-order valence-electron chi connectivity index (χ4n) is 3.94. The van der Waals surface area contributed by atoms with Crippen molar-refractivity contribution in [2.24, 2.45) is 5.73 Å². The van der Waals surface area contributed by atoms with Crippen LogP contribution in [0.1, 0.15) is 64.5 Å². The first-order chi connectivity index (χ1) is 15.5. The van der Waals surface area contributed by atoms with Crippen LogP contribution in [-0.4, -0.2) is 33.0 Å². The molecule has 1 aliphatic rings. The van der Waals surface area contributed by atoms with Crippen LogP contribution < -0.4 is 22.2 Å². The Hall–Kier alpha value is -3.72. The Morgan fingerprint density at radius 3 is 2.66 bits per heavy atom. The highest BCUT2D eigenvalue weighted by atomic mass is 16.2. The van der Waals surface area contributed by atoms with E-state index in [1.807, 2.05) is 19.1 Å². The minimum absolute atomic E-state index is 0.0305. The number of nitrogens with zero attached hydrogens (tertiary/aromatic N) is 3. The molecule has 4 rings (SSSR count). The lowest BCUT2D eigenvalue weighted by atomic mass is 10.0. The Morgan fingerprint density at radius 1 is 1.22 bits per heavy atom. The number of carbonyl (C=O) groups excluding carboxylic acids is 2. The van der Waals surface area contributed by atoms with Gasteiger partial charge in [0.2, 0.25) is 0 Å². The number of pyridine rings is 1. The number of hydrogen-bond donors (Lipinski definition) is 4. The first-order valence-electron chi connectivity index (χ1n) is 10.8. The first kappa shape index (κ1) is 21.5. The van der Waals surface area contributed by atoms with Gasteiger partial charge in [0, 0.05) is 17.3 Å². The van der Waals surface area contributed by atoms with Gasteiger partial charge in [0.15, 0.2) is 5.69 Å². The van der Waals surface area contributed by atoms with Gasteiger partial charge in [0.25, 0.3) is 11.8 Å². The molecule has 166 valence electrons. The van der Waals surface area contributed by atoms with Crippen LogP contribution >= 0.6 is 0 Å². The molecule has 2 aromatic heterocycles. The van der Waals surface area contributed by atoms with Crippen LogP contribution in [0.4, 0.5) is 5.82 Å². The lowest BCUT2D eigenvalue weighted by Crippen LogP contribution is -2.32. The highest BCUT2D eigenvalue weighted by molar-refractivity contribution is 6.04. The van der Waals surface area contributed by atoms with Crippen LogP contribution in [0.3, 0.4) is 0 Å². The lowest BCUT2D eigenvalue weighted by Gasteiger charge is -2.22. The lowest BCUT2D eigenvalue weighted by molar-refractivity contribution is 0.0991. The number of aromatic nitrogens is 3. The zero-order valence-corrected chi connectivity index (χ0v) is 18.0. The van der Waals surface area contributed by atoms with Gasteiger partial charge in [0.05, 0.1) is 6.04 Å². The number of nitrogens with one attached hydrogen (secondary N) is 2. The zero-order chi connectivity index (χ0) is 22.7. The molecule has 32 heavy (non-hydrogen) atoms. The molecule has 1 aliphatic heterocycles. The number of rotatable bonds is 6. The number of anilines is 1. The average Bonchev–Trinajstić information content (AvgIpc) is 3.17. The molecule has 3 aromatic rings. The van der Waals surface area contributed by atoms with Gasteiger partial charge in [0.1, 0.15) is 17.3 Å². The fourth-order valence-corrected chi connectivity index (χ4v) is 3.94. The summed E-state index contributed by atoms with van der Waals surface area (Å²) in [4.78, 5) is 33.6. The summed E-state index contributed by atoms with van der Waals surface area (Å²) in [6.07, 6.45) is 5.57. The van der Waals surface area contributed by atoms with Crippen molar-refractivity contribution < 1.29 is 9.59 Å². The summed E-state index contributed by atoms with van der Waals surface area (Å²) in [7, 11) is 0. The number of hydrogen-bond acceptors (Lipinski definition) is 6. The predicted octanol–water partition coefficient (Wildman–Crippen LogP) is 2.39. The maximum absolute atomic E-state index is 12.6. The smallest absolute Gasteiger partial charge is 0.269 e. The van der Waals surface area contributed by atoms with Crippen LogP contribution in [-0.2, 0) is 6.42 Å². The van der Waals surface area contributed by atoms with E-state index in [1.165, 1.54) is 4.68 Å². The maximum Gasteiger partial charge on any atom is 0.269 e. The highest BCUT2D eigenvalue weighted by Gasteiger charge is 2.27. The number of aryl methyl sites for hydroxylation is 1. The second-order valence-electron chi connectivity index (χ2n) is 7.84. The third kappa shape index (κ3) is 4.33. The molecule has 3 heterocycles. The molecule has 1 atom stereocenters. The summed E-state index contributed by atoms with van der Waals surface area (Å²) in [6.45, 7) is 2.91. The van der Waals surface area contributed by atoms with Crippen molar-refractivity contribution in [1.29, 1.82) is 0 Å². The van der Waals surface area contributed by atoms with Crippen molar-refractivity contribution in [1.82, 2.24) is 20.0 Å². The van der Waals surface area contributed by atoms with Crippen LogP contribution in [0.15, 0.2) is 42.6 Å². The molecule has 9 nitrogen and oxygen atoms in total. The van der Waals surface area contributed by atoms with Crippen LogP contribution in [0.2, 0.25) is 0 Å². The molecule has 9 heteroatoms. The van der Waals surface area contributed by atoms with Gasteiger partial charge in [-0.1, -0.05) is 25.5 Å². The van der Waals surface area contributed by atoms with Gasteiger partial charge in [-0.3, -0.25) is 9.59 Å². The van der Waals surface area contributed by atoms with Crippen molar-refractivity contribution >= 4 is 17.6 Å². The van der Waals surface area contributed by atoms with Gasteiger partial charge in [-0.05, 0) is 55.6 Å². The van der Waals surface area contributed by atoms with Crippen molar-refractivity contribution in [3.63, 3.8) is 0 Å². The minimum atomic E-state index is -0.652. The second-order valence-corrected chi connectivity index (χ2v) is 7.84. The van der Waals surface area contributed by atoms with Crippen molar-refractivity contribution in [2.45, 2.75) is 38.6 Å². The summed E-state index contributed by atoms with van der Waals surface area (Å²) in [5.74, 6) is 6.36. The molecule has 2 amide bonds. The topological polar surface area (TPSA) is 141 Å². The highest BCUT2D eigenvalue weighted by Crippen LogP contribution is 2.29. The second kappa shape index (κ2) is 9.19. The van der Waals surface area contributed by atoms with E-state index in [0.717, 1.165) is 37.8 Å². The molecule has 1 aromatic carbocycles. The Morgan fingerprint density at radius 2 is 2.00 bits per heavy atom. The molecular formula is C23H27N7O2. The largest absolute Gasteiger partial charge is 0.364 e. The van der Waals surface area contributed by atoms with Crippen LogP contribution in [0.25, 0.3) is 11.3 Å². The Balaban J connectivity index is 1.59. The van der Waals surface area contributed by atoms with Gasteiger partial charge < -0.3 is 22.2 Å². The Bertz CT molecular complexity index is 1130. The molecule has 0 radical (unpaired) electrons. The summed E-state index contributed by atoms with van der Waals surface area (Å²) >= 11 is 0. The molecule has 6 N–H and O–H groups in total. The molecule has 0 aliphatic carbocycles.